The molecule has 0 aliphatic carbocycles. The van der Waals surface area contributed by atoms with Crippen molar-refractivity contribution in [1.82, 2.24) is 0 Å². The number of hydrogen-bond acceptors (Lipinski definition) is 1. The first-order valence-corrected chi connectivity index (χ1v) is 3.96. The third kappa shape index (κ3) is 2.55. The Kier molecular flexibility index (Phi) is 3.11. The summed E-state index contributed by atoms with van der Waals surface area (Å²) in [6.07, 6.45) is 1.47. The molecule has 0 aliphatic heterocycles. The molecule has 0 aromatic heterocycles. The van der Waals surface area contributed by atoms with E-state index in [0.717, 1.165) is 5.69 Å². The number of benzene rings is 1. The highest BCUT2D eigenvalue weighted by molar-refractivity contribution is 6.30. The van der Waals surface area contributed by atoms with Gasteiger partial charge in [0.05, 0.1) is 0 Å². The van der Waals surface area contributed by atoms with Gasteiger partial charge in [0.2, 0.25) is 5.91 Å². The summed E-state index contributed by atoms with van der Waals surface area (Å²) in [4.78, 5) is 10.9. The molecule has 1 radical (unpaired) electrons. The van der Waals surface area contributed by atoms with Crippen LogP contribution in [0.1, 0.15) is 6.92 Å². The summed E-state index contributed by atoms with van der Waals surface area (Å²) >= 11 is 5.66. The van der Waals surface area contributed by atoms with Crippen LogP contribution in [0.25, 0.3) is 0 Å². The quantitative estimate of drug-likeness (QED) is 0.748. The number of carbonyl (C=O) groups excluding carboxylic acids is 1. The van der Waals surface area contributed by atoms with Gasteiger partial charge in [-0.25, -0.2) is 0 Å². The second-order valence-electron chi connectivity index (χ2n) is 2.28. The predicted molar refractivity (Wildman–Crippen MR) is 50.1 cm³/mol. The third-order valence-electron chi connectivity index (χ3n) is 1.37. The monoisotopic (exact) mass is 182 g/mol. The Labute approximate surface area is 76.5 Å². The first kappa shape index (κ1) is 9.07. The average molecular weight is 183 g/mol. The molecule has 0 spiro atoms. The summed E-state index contributed by atoms with van der Waals surface area (Å²) < 4.78 is 0. The highest BCUT2D eigenvalue weighted by Crippen LogP contribution is 2.13. The standard InChI is InChI=1S/C9H9ClNO/c1-2-9(12)11-8-5-3-7(10)4-6-8/h2-6H,1H3,(H,11,12). The van der Waals surface area contributed by atoms with Gasteiger partial charge in [0.1, 0.15) is 0 Å². The van der Waals surface area contributed by atoms with E-state index in [-0.39, 0.29) is 5.91 Å². The smallest absolute Gasteiger partial charge is 0.227 e. The average Bonchev–Trinajstić information content (AvgIpc) is 2.09. The van der Waals surface area contributed by atoms with Gasteiger partial charge in [0, 0.05) is 17.1 Å². The molecule has 0 bridgehead atoms. The lowest BCUT2D eigenvalue weighted by molar-refractivity contribution is -0.113. The van der Waals surface area contributed by atoms with Crippen LogP contribution in [0, 0.1) is 6.42 Å². The number of amides is 1. The summed E-state index contributed by atoms with van der Waals surface area (Å²) in [5.74, 6) is -0.114. The number of carbonyl (C=O) groups is 1. The first-order valence-electron chi connectivity index (χ1n) is 3.58. The highest BCUT2D eigenvalue weighted by atomic mass is 35.5. The molecular formula is C9H9ClNO. The van der Waals surface area contributed by atoms with Crippen molar-refractivity contribution >= 4 is 23.2 Å². The van der Waals surface area contributed by atoms with E-state index in [1.165, 1.54) is 6.42 Å². The van der Waals surface area contributed by atoms with Gasteiger partial charge in [-0.1, -0.05) is 18.5 Å². The molecule has 0 atom stereocenters. The zero-order chi connectivity index (χ0) is 8.97. The van der Waals surface area contributed by atoms with Crippen molar-refractivity contribution in [2.24, 2.45) is 0 Å². The maximum absolute atomic E-state index is 10.9. The molecule has 0 fully saturated rings. The van der Waals surface area contributed by atoms with E-state index in [1.807, 2.05) is 0 Å². The van der Waals surface area contributed by atoms with E-state index in [1.54, 1.807) is 31.2 Å². The molecule has 0 unspecified atom stereocenters. The van der Waals surface area contributed by atoms with Crippen LogP contribution in [-0.4, -0.2) is 5.91 Å². The van der Waals surface area contributed by atoms with Gasteiger partial charge < -0.3 is 5.32 Å². The van der Waals surface area contributed by atoms with Crippen LogP contribution in [0.2, 0.25) is 5.02 Å². The van der Waals surface area contributed by atoms with Crippen LogP contribution in [0.3, 0.4) is 0 Å². The Morgan fingerprint density at radius 3 is 2.50 bits per heavy atom. The molecule has 12 heavy (non-hydrogen) atoms. The maximum Gasteiger partial charge on any atom is 0.227 e. The summed E-state index contributed by atoms with van der Waals surface area (Å²) in [5.41, 5.74) is 0.752. The van der Waals surface area contributed by atoms with Crippen LogP contribution in [0.15, 0.2) is 24.3 Å². The Bertz CT molecular complexity index is 268. The lowest BCUT2D eigenvalue weighted by atomic mass is 10.3. The van der Waals surface area contributed by atoms with E-state index < -0.39 is 0 Å². The summed E-state index contributed by atoms with van der Waals surface area (Å²) in [6.45, 7) is 1.69. The van der Waals surface area contributed by atoms with Crippen LogP contribution < -0.4 is 5.32 Å². The van der Waals surface area contributed by atoms with Crippen molar-refractivity contribution < 1.29 is 4.79 Å². The van der Waals surface area contributed by atoms with Gasteiger partial charge in [0.25, 0.3) is 0 Å². The van der Waals surface area contributed by atoms with Gasteiger partial charge in [-0.2, -0.15) is 0 Å². The van der Waals surface area contributed by atoms with Crippen molar-refractivity contribution in [2.75, 3.05) is 5.32 Å². The fraction of sp³-hybridized carbons (Fsp3) is 0.111. The molecule has 0 aliphatic rings. The van der Waals surface area contributed by atoms with E-state index in [9.17, 15) is 4.79 Å². The molecular weight excluding hydrogens is 174 g/mol. The summed E-state index contributed by atoms with van der Waals surface area (Å²) in [6, 6.07) is 6.97. The lowest BCUT2D eigenvalue weighted by Gasteiger charge is -2.01. The Morgan fingerprint density at radius 1 is 1.42 bits per heavy atom. The van der Waals surface area contributed by atoms with Gasteiger partial charge in [-0.3, -0.25) is 4.79 Å². The molecule has 0 saturated heterocycles. The van der Waals surface area contributed by atoms with E-state index >= 15 is 0 Å². The zero-order valence-electron chi connectivity index (χ0n) is 6.67. The summed E-state index contributed by atoms with van der Waals surface area (Å²) in [7, 11) is 0. The minimum Gasteiger partial charge on any atom is -0.326 e. The molecule has 1 aromatic carbocycles. The number of anilines is 1. The van der Waals surface area contributed by atoms with Crippen LogP contribution >= 0.6 is 11.6 Å². The minimum absolute atomic E-state index is 0.114. The SMILES string of the molecule is C[CH]C(=O)Nc1ccc(Cl)cc1. The van der Waals surface area contributed by atoms with Crippen molar-refractivity contribution in [3.05, 3.63) is 35.7 Å². The first-order chi connectivity index (χ1) is 5.72. The minimum atomic E-state index is -0.114. The second kappa shape index (κ2) is 4.12. The number of nitrogens with one attached hydrogen (secondary N) is 1. The molecule has 0 heterocycles. The van der Waals surface area contributed by atoms with Crippen molar-refractivity contribution in [3.63, 3.8) is 0 Å². The van der Waals surface area contributed by atoms with Crippen molar-refractivity contribution in [3.8, 4) is 0 Å². The highest BCUT2D eigenvalue weighted by Gasteiger charge is 1.97. The number of hydrogen-bond donors (Lipinski definition) is 1. The zero-order valence-corrected chi connectivity index (χ0v) is 7.43. The van der Waals surface area contributed by atoms with Crippen molar-refractivity contribution in [1.29, 1.82) is 0 Å². The molecule has 2 nitrogen and oxygen atoms in total. The van der Waals surface area contributed by atoms with Crippen molar-refractivity contribution in [2.45, 2.75) is 6.92 Å². The summed E-state index contributed by atoms with van der Waals surface area (Å²) in [5, 5.41) is 3.33. The van der Waals surface area contributed by atoms with E-state index in [2.05, 4.69) is 5.32 Å². The predicted octanol–water partition coefficient (Wildman–Crippen LogP) is 2.50. The van der Waals surface area contributed by atoms with Gasteiger partial charge in [-0.05, 0) is 24.3 Å². The number of halogens is 1. The molecule has 1 aromatic rings. The molecule has 63 valence electrons. The Morgan fingerprint density at radius 2 is 2.00 bits per heavy atom. The molecule has 1 N–H and O–H groups in total. The van der Waals surface area contributed by atoms with Crippen LogP contribution in [0.5, 0.6) is 0 Å². The molecule has 0 saturated carbocycles. The van der Waals surface area contributed by atoms with Gasteiger partial charge in [-0.15, -0.1) is 0 Å². The molecule has 1 amide bonds. The largest absolute Gasteiger partial charge is 0.326 e. The molecule has 1 rings (SSSR count). The maximum atomic E-state index is 10.9. The fourth-order valence-corrected chi connectivity index (χ4v) is 0.874. The number of rotatable bonds is 2. The van der Waals surface area contributed by atoms with Gasteiger partial charge in [0.15, 0.2) is 0 Å². The lowest BCUT2D eigenvalue weighted by Crippen LogP contribution is -2.09. The van der Waals surface area contributed by atoms with E-state index in [0.29, 0.717) is 5.02 Å². The normalized spacial score (nSPS) is 9.50. The van der Waals surface area contributed by atoms with Gasteiger partial charge >= 0.3 is 0 Å². The van der Waals surface area contributed by atoms with Crippen LogP contribution in [0.4, 0.5) is 5.69 Å². The van der Waals surface area contributed by atoms with Crippen LogP contribution in [-0.2, 0) is 4.79 Å². The topological polar surface area (TPSA) is 29.1 Å². The fourth-order valence-electron chi connectivity index (χ4n) is 0.748. The second-order valence-corrected chi connectivity index (χ2v) is 2.72. The van der Waals surface area contributed by atoms with E-state index in [4.69, 9.17) is 11.6 Å². The Hall–Kier alpha value is -1.02. The Balaban J connectivity index is 2.64. The molecule has 3 heteroatoms. The third-order valence-corrected chi connectivity index (χ3v) is 1.63.